The molecule has 3 aromatic rings. The van der Waals surface area contributed by atoms with E-state index in [1.54, 1.807) is 10.8 Å². The molecule has 1 aliphatic carbocycles. The summed E-state index contributed by atoms with van der Waals surface area (Å²) in [5.41, 5.74) is 3.91. The summed E-state index contributed by atoms with van der Waals surface area (Å²) in [6, 6.07) is 8.51. The standard InChI is InChI=1S/C19H22N6O/c26-19-23-16-11-22-18(21-10-12-5-6-20-9-12)24-17(16)25(19)15-7-13-3-1-2-4-14(13)8-15/h1-4,11-12,15,20H,5-10H2,(H,23,26)(H,21,22,24)/t12-/m0/s1. The third kappa shape index (κ3) is 2.68. The quantitative estimate of drug-likeness (QED) is 0.663. The average Bonchev–Trinajstić information content (AvgIpc) is 3.36. The van der Waals surface area contributed by atoms with Crippen LogP contribution in [0.25, 0.3) is 11.2 Å². The van der Waals surface area contributed by atoms with Gasteiger partial charge in [0, 0.05) is 12.6 Å². The number of aromatic nitrogens is 4. The summed E-state index contributed by atoms with van der Waals surface area (Å²) < 4.78 is 1.80. The Kier molecular flexibility index (Phi) is 3.74. The molecule has 0 unspecified atom stereocenters. The Morgan fingerprint density at radius 1 is 1.23 bits per heavy atom. The van der Waals surface area contributed by atoms with E-state index in [4.69, 9.17) is 0 Å². The van der Waals surface area contributed by atoms with E-state index in [0.717, 1.165) is 32.5 Å². The lowest BCUT2D eigenvalue weighted by Gasteiger charge is -2.12. The maximum absolute atomic E-state index is 12.6. The number of nitrogens with one attached hydrogen (secondary N) is 3. The molecule has 1 atom stereocenters. The number of H-pyrrole nitrogens is 1. The van der Waals surface area contributed by atoms with Crippen LogP contribution in [0.2, 0.25) is 0 Å². The Hall–Kier alpha value is -2.67. The number of nitrogens with zero attached hydrogens (tertiary/aromatic N) is 3. The molecule has 5 rings (SSSR count). The summed E-state index contributed by atoms with van der Waals surface area (Å²) in [5, 5.41) is 6.70. The molecule has 0 amide bonds. The molecule has 1 fully saturated rings. The summed E-state index contributed by atoms with van der Waals surface area (Å²) in [6.45, 7) is 2.96. The highest BCUT2D eigenvalue weighted by molar-refractivity contribution is 5.71. The van der Waals surface area contributed by atoms with Crippen LogP contribution in [0.1, 0.15) is 23.6 Å². The molecule has 134 valence electrons. The first-order valence-corrected chi connectivity index (χ1v) is 9.26. The fourth-order valence-electron chi connectivity index (χ4n) is 4.18. The SMILES string of the molecule is O=c1[nH]c2cnc(NC[C@H]3CCNC3)nc2n1C1Cc2ccccc2C1. The molecule has 2 aliphatic rings. The van der Waals surface area contributed by atoms with E-state index in [9.17, 15) is 4.79 Å². The second-order valence-electron chi connectivity index (χ2n) is 7.30. The topological polar surface area (TPSA) is 87.6 Å². The van der Waals surface area contributed by atoms with E-state index in [0.29, 0.717) is 23.0 Å². The van der Waals surface area contributed by atoms with Crippen LogP contribution in [0.3, 0.4) is 0 Å². The Morgan fingerprint density at radius 2 is 2.04 bits per heavy atom. The van der Waals surface area contributed by atoms with Crippen LogP contribution in [0.5, 0.6) is 0 Å². The molecular formula is C19H22N6O. The molecule has 3 N–H and O–H groups in total. The molecule has 0 saturated carbocycles. The van der Waals surface area contributed by atoms with Gasteiger partial charge in [0.1, 0.15) is 5.52 Å². The molecule has 2 aromatic heterocycles. The zero-order valence-corrected chi connectivity index (χ0v) is 14.5. The van der Waals surface area contributed by atoms with Gasteiger partial charge >= 0.3 is 5.69 Å². The maximum atomic E-state index is 12.6. The first-order valence-electron chi connectivity index (χ1n) is 9.26. The van der Waals surface area contributed by atoms with Crippen LogP contribution in [-0.4, -0.2) is 39.2 Å². The van der Waals surface area contributed by atoms with Crippen LogP contribution in [0, 0.1) is 5.92 Å². The number of anilines is 1. The fourth-order valence-corrected chi connectivity index (χ4v) is 4.18. The minimum atomic E-state index is -0.107. The minimum Gasteiger partial charge on any atom is -0.354 e. The average molecular weight is 350 g/mol. The Labute approximate surface area is 150 Å². The van der Waals surface area contributed by atoms with Crippen molar-refractivity contribution in [2.24, 2.45) is 5.92 Å². The van der Waals surface area contributed by atoms with Gasteiger partial charge in [-0.05, 0) is 49.4 Å². The second-order valence-corrected chi connectivity index (χ2v) is 7.30. The predicted octanol–water partition coefficient (Wildman–Crippen LogP) is 1.48. The first kappa shape index (κ1) is 15.6. The smallest absolute Gasteiger partial charge is 0.327 e. The number of hydrogen-bond donors (Lipinski definition) is 3. The molecule has 0 spiro atoms. The number of hydrogen-bond acceptors (Lipinski definition) is 5. The van der Waals surface area contributed by atoms with Crippen molar-refractivity contribution in [3.8, 4) is 0 Å². The molecule has 1 aliphatic heterocycles. The summed E-state index contributed by atoms with van der Waals surface area (Å²) in [5.74, 6) is 1.19. The lowest BCUT2D eigenvalue weighted by atomic mass is 10.1. The highest BCUT2D eigenvalue weighted by atomic mass is 16.1. The number of rotatable bonds is 4. The van der Waals surface area contributed by atoms with E-state index in [-0.39, 0.29) is 11.7 Å². The Morgan fingerprint density at radius 3 is 2.77 bits per heavy atom. The van der Waals surface area contributed by atoms with E-state index >= 15 is 0 Å². The normalized spacial score (nSPS) is 19.9. The van der Waals surface area contributed by atoms with Crippen molar-refractivity contribution in [1.29, 1.82) is 0 Å². The zero-order valence-electron chi connectivity index (χ0n) is 14.5. The Balaban J connectivity index is 1.44. The van der Waals surface area contributed by atoms with Gasteiger partial charge in [-0.2, -0.15) is 4.98 Å². The van der Waals surface area contributed by atoms with Gasteiger partial charge in [0.2, 0.25) is 5.95 Å². The molecule has 0 radical (unpaired) electrons. The van der Waals surface area contributed by atoms with Gasteiger partial charge in [-0.3, -0.25) is 4.57 Å². The second kappa shape index (κ2) is 6.25. The van der Waals surface area contributed by atoms with Crippen LogP contribution < -0.4 is 16.3 Å². The predicted molar refractivity (Wildman–Crippen MR) is 101 cm³/mol. The molecule has 7 heteroatoms. The highest BCUT2D eigenvalue weighted by Crippen LogP contribution is 2.30. The van der Waals surface area contributed by atoms with E-state index < -0.39 is 0 Å². The van der Waals surface area contributed by atoms with Crippen LogP contribution in [0.15, 0.2) is 35.3 Å². The van der Waals surface area contributed by atoms with Gasteiger partial charge in [0.05, 0.1) is 6.20 Å². The zero-order chi connectivity index (χ0) is 17.5. The first-order chi connectivity index (χ1) is 12.8. The van der Waals surface area contributed by atoms with Gasteiger partial charge in [0.25, 0.3) is 0 Å². The maximum Gasteiger partial charge on any atom is 0.327 e. The summed E-state index contributed by atoms with van der Waals surface area (Å²) >= 11 is 0. The van der Waals surface area contributed by atoms with E-state index in [1.807, 2.05) is 0 Å². The molecule has 26 heavy (non-hydrogen) atoms. The fraction of sp³-hybridized carbons (Fsp3) is 0.421. The van der Waals surface area contributed by atoms with Gasteiger partial charge < -0.3 is 15.6 Å². The van der Waals surface area contributed by atoms with Crippen molar-refractivity contribution in [2.75, 3.05) is 25.0 Å². The summed E-state index contributed by atoms with van der Waals surface area (Å²) in [7, 11) is 0. The van der Waals surface area contributed by atoms with Crippen molar-refractivity contribution in [3.63, 3.8) is 0 Å². The van der Waals surface area contributed by atoms with Gasteiger partial charge in [-0.1, -0.05) is 24.3 Å². The Bertz CT molecular complexity index is 976. The third-order valence-electron chi connectivity index (χ3n) is 5.56. The van der Waals surface area contributed by atoms with Crippen molar-refractivity contribution in [1.82, 2.24) is 24.8 Å². The number of aromatic amines is 1. The molecule has 3 heterocycles. The number of imidazole rings is 1. The van der Waals surface area contributed by atoms with Gasteiger partial charge in [-0.15, -0.1) is 0 Å². The lowest BCUT2D eigenvalue weighted by Crippen LogP contribution is -2.23. The van der Waals surface area contributed by atoms with E-state index in [2.05, 4.69) is 49.9 Å². The number of fused-ring (bicyclic) bond motifs is 2. The van der Waals surface area contributed by atoms with Gasteiger partial charge in [0.15, 0.2) is 5.65 Å². The van der Waals surface area contributed by atoms with Crippen LogP contribution in [-0.2, 0) is 12.8 Å². The van der Waals surface area contributed by atoms with Crippen molar-refractivity contribution in [2.45, 2.75) is 25.3 Å². The van der Waals surface area contributed by atoms with Crippen molar-refractivity contribution < 1.29 is 0 Å². The molecule has 0 bridgehead atoms. The molecule has 7 nitrogen and oxygen atoms in total. The molecular weight excluding hydrogens is 328 g/mol. The monoisotopic (exact) mass is 350 g/mol. The molecule has 1 aromatic carbocycles. The molecule has 1 saturated heterocycles. The van der Waals surface area contributed by atoms with Crippen LogP contribution in [0.4, 0.5) is 5.95 Å². The number of benzene rings is 1. The van der Waals surface area contributed by atoms with Crippen LogP contribution >= 0.6 is 0 Å². The van der Waals surface area contributed by atoms with Crippen molar-refractivity contribution >= 4 is 17.1 Å². The lowest BCUT2D eigenvalue weighted by molar-refractivity contribution is 0.525. The minimum absolute atomic E-state index is 0.107. The van der Waals surface area contributed by atoms with E-state index in [1.165, 1.54) is 17.5 Å². The third-order valence-corrected chi connectivity index (χ3v) is 5.56. The summed E-state index contributed by atoms with van der Waals surface area (Å²) in [6.07, 6.45) is 4.61. The van der Waals surface area contributed by atoms with Gasteiger partial charge in [-0.25, -0.2) is 9.78 Å². The summed E-state index contributed by atoms with van der Waals surface area (Å²) in [4.78, 5) is 24.5. The largest absolute Gasteiger partial charge is 0.354 e. The highest BCUT2D eigenvalue weighted by Gasteiger charge is 2.26. The van der Waals surface area contributed by atoms with Crippen molar-refractivity contribution in [3.05, 3.63) is 52.1 Å².